The number of benzene rings is 4. The number of nitrogens with zero attached hydrogens (tertiary/aromatic N) is 2. The Morgan fingerprint density at radius 3 is 1.20 bits per heavy atom. The predicted octanol–water partition coefficient (Wildman–Crippen LogP) is 8.62. The van der Waals surface area contributed by atoms with Gasteiger partial charge in [0.15, 0.2) is 36.2 Å². The number of hydrogen-bond acceptors (Lipinski definition) is 16. The number of hydrogen-bond donors (Lipinski definition) is 2. The highest BCUT2D eigenvalue weighted by Gasteiger charge is 2.43. The van der Waals surface area contributed by atoms with Crippen LogP contribution in [0.2, 0.25) is 0 Å². The van der Waals surface area contributed by atoms with Crippen molar-refractivity contribution < 1.29 is 76.3 Å². The van der Waals surface area contributed by atoms with Crippen LogP contribution in [0.1, 0.15) is 140 Å². The minimum atomic E-state index is -0.917. The third-order valence-corrected chi connectivity index (χ3v) is 16.3. The summed E-state index contributed by atoms with van der Waals surface area (Å²) < 4.78 is 45.9. The highest BCUT2D eigenvalue weighted by molar-refractivity contribution is 6.38. The van der Waals surface area contributed by atoms with Gasteiger partial charge in [-0.1, -0.05) is 77.9 Å². The van der Waals surface area contributed by atoms with Gasteiger partial charge in [-0.05, 0) is 148 Å². The van der Waals surface area contributed by atoms with Gasteiger partial charge in [0.2, 0.25) is 11.6 Å². The molecule has 2 N–H and O–H groups in total. The monoisotopic (exact) mass is 1190 g/mol. The summed E-state index contributed by atoms with van der Waals surface area (Å²) in [5, 5.41) is 5.44. The molecular weight excluding hydrogens is 1100 g/mol. The quantitative estimate of drug-likeness (QED) is 0.0272. The molecule has 0 aliphatic carbocycles. The highest BCUT2D eigenvalue weighted by atomic mass is 16.6. The summed E-state index contributed by atoms with van der Waals surface area (Å²) in [6.45, 7) is 10.7. The van der Waals surface area contributed by atoms with E-state index >= 15 is 0 Å². The Balaban J connectivity index is 1.01. The second-order valence-corrected chi connectivity index (χ2v) is 22.9. The second kappa shape index (κ2) is 31.8. The normalized spacial score (nSPS) is 15.9. The second-order valence-electron chi connectivity index (χ2n) is 22.9. The Kier molecular flexibility index (Phi) is 24.8. The van der Waals surface area contributed by atoms with Crippen LogP contribution in [-0.4, -0.2) is 137 Å². The van der Waals surface area contributed by atoms with Crippen molar-refractivity contribution in [2.45, 2.75) is 143 Å². The minimum Gasteiger partial charge on any atom is -0.493 e. The van der Waals surface area contributed by atoms with Crippen LogP contribution in [0.5, 0.6) is 34.5 Å². The van der Waals surface area contributed by atoms with Crippen molar-refractivity contribution in [1.29, 1.82) is 0 Å². The molecule has 4 amide bonds. The molecule has 20 heteroatoms. The lowest BCUT2D eigenvalue weighted by Crippen LogP contribution is -2.53. The number of nitrogens with one attached hydrogen (secondary N) is 2. The SMILES string of the molecule is CCC(C)(C)C(=O)C(=O)N1CCCC[C@H]1C(=O)O[C@H](CCc1ccc(OC)c(OC)c1)c1ccc(OCC(=O)NCCNC(=O)COc2ccc([C@@H](CCc3ccc(OC)c(OC)c3)OC(=O)[C@@H]3CCCCN3C(=O)C(=O)C(C)(C)CC)cc2)cc1. The Bertz CT molecular complexity index is 2780. The van der Waals surface area contributed by atoms with E-state index in [2.05, 4.69) is 10.6 Å². The molecule has 2 aliphatic heterocycles. The summed E-state index contributed by atoms with van der Waals surface area (Å²) in [5.41, 5.74) is 1.37. The van der Waals surface area contributed by atoms with Gasteiger partial charge in [-0.25, -0.2) is 9.59 Å². The van der Waals surface area contributed by atoms with E-state index in [0.717, 1.165) is 11.1 Å². The molecule has 2 fully saturated rings. The Hall–Kier alpha value is -8.16. The Morgan fingerprint density at radius 2 is 0.860 bits per heavy atom. The van der Waals surface area contributed by atoms with Crippen LogP contribution < -0.4 is 39.1 Å². The standard InChI is InChI=1S/C66H86N4O16/c1-11-65(3,4)59(73)61(75)69-37-15-13-17-49(69)63(77)85-51(31-19-43-21-33-53(79-7)55(39-43)81-9)45-23-27-47(28-24-45)83-41-57(71)67-35-36-68-58(72)42-84-48-29-25-46(26-30-48)52(32-20-44-22-34-54(80-8)56(40-44)82-10)86-64(78)50-18-14-16-38-70(50)62(76)60(74)66(5,6)12-2/h21-30,33-34,39-40,49-52H,11-20,31-32,35-38,41-42H2,1-10H3,(H,67,71)(H,68,72)/t49-,50-,51+,52+/m0/s1. The van der Waals surface area contributed by atoms with Crippen LogP contribution in [-0.2, 0) is 60.7 Å². The first-order valence-corrected chi connectivity index (χ1v) is 29.7. The molecule has 4 aromatic rings. The number of ketones is 2. The zero-order chi connectivity index (χ0) is 62.6. The molecule has 2 aliphatic rings. The summed E-state index contributed by atoms with van der Waals surface area (Å²) >= 11 is 0. The molecule has 0 radical (unpaired) electrons. The molecule has 20 nitrogen and oxygen atoms in total. The van der Waals surface area contributed by atoms with Crippen LogP contribution >= 0.6 is 0 Å². The van der Waals surface area contributed by atoms with E-state index in [9.17, 15) is 38.4 Å². The van der Waals surface area contributed by atoms with Gasteiger partial charge in [0.1, 0.15) is 35.8 Å². The third kappa shape index (κ3) is 18.2. The lowest BCUT2D eigenvalue weighted by molar-refractivity contribution is -0.165. The average Bonchev–Trinajstić information content (AvgIpc) is 1.84. The Morgan fingerprint density at radius 1 is 0.500 bits per heavy atom. The van der Waals surface area contributed by atoms with Gasteiger partial charge in [0, 0.05) is 37.0 Å². The lowest BCUT2D eigenvalue weighted by Gasteiger charge is -2.36. The number of methoxy groups -OCH3 is 4. The molecule has 0 saturated carbocycles. The van der Waals surface area contributed by atoms with Gasteiger partial charge in [-0.15, -0.1) is 0 Å². The van der Waals surface area contributed by atoms with E-state index in [0.29, 0.717) is 123 Å². The smallest absolute Gasteiger partial charge is 0.329 e. The van der Waals surface area contributed by atoms with Crippen molar-refractivity contribution in [1.82, 2.24) is 20.4 Å². The van der Waals surface area contributed by atoms with E-state index < -0.39 is 82.3 Å². The molecule has 0 aromatic heterocycles. The lowest BCUT2D eigenvalue weighted by atomic mass is 9.84. The van der Waals surface area contributed by atoms with Gasteiger partial charge in [-0.2, -0.15) is 0 Å². The minimum absolute atomic E-state index is 0.104. The first-order chi connectivity index (χ1) is 41.2. The van der Waals surface area contributed by atoms with Crippen LogP contribution in [0.25, 0.3) is 0 Å². The van der Waals surface area contributed by atoms with Crippen LogP contribution in [0.4, 0.5) is 0 Å². The number of rotatable bonds is 31. The van der Waals surface area contributed by atoms with Gasteiger partial charge in [0.05, 0.1) is 28.4 Å². The number of amides is 4. The average molecular weight is 1190 g/mol. The van der Waals surface area contributed by atoms with Crippen molar-refractivity contribution in [3.63, 3.8) is 0 Å². The largest absolute Gasteiger partial charge is 0.493 e. The number of carbonyl (C=O) groups excluding carboxylic acids is 8. The van der Waals surface area contributed by atoms with E-state index in [1.54, 1.807) is 117 Å². The van der Waals surface area contributed by atoms with Gasteiger partial charge in [-0.3, -0.25) is 28.8 Å². The topological polar surface area (TPSA) is 241 Å². The van der Waals surface area contributed by atoms with Crippen molar-refractivity contribution in [3.05, 3.63) is 107 Å². The molecule has 2 heterocycles. The third-order valence-electron chi connectivity index (χ3n) is 16.3. The number of aryl methyl sites for hydroxylation is 2. The van der Waals surface area contributed by atoms with Crippen LogP contribution in [0.15, 0.2) is 84.9 Å². The maximum atomic E-state index is 14.0. The van der Waals surface area contributed by atoms with Crippen molar-refractivity contribution >= 4 is 47.1 Å². The fourth-order valence-corrected chi connectivity index (χ4v) is 10.1. The summed E-state index contributed by atoms with van der Waals surface area (Å²) in [7, 11) is 6.22. The molecule has 4 aromatic carbocycles. The van der Waals surface area contributed by atoms with Crippen LogP contribution in [0, 0.1) is 10.8 Å². The van der Waals surface area contributed by atoms with E-state index in [1.807, 2.05) is 38.1 Å². The summed E-state index contributed by atoms with van der Waals surface area (Å²) in [4.78, 5) is 110. The summed E-state index contributed by atoms with van der Waals surface area (Å²) in [6, 6.07) is 23.0. The molecule has 4 atom stereocenters. The summed E-state index contributed by atoms with van der Waals surface area (Å²) in [6.07, 6.45) is 4.59. The Labute approximate surface area is 505 Å². The van der Waals surface area contributed by atoms with E-state index in [-0.39, 0.29) is 39.4 Å². The van der Waals surface area contributed by atoms with Gasteiger partial charge in [0.25, 0.3) is 23.6 Å². The molecular formula is C66H86N4O16. The molecule has 0 spiro atoms. The molecule has 466 valence electrons. The number of esters is 2. The maximum Gasteiger partial charge on any atom is 0.329 e. The molecule has 86 heavy (non-hydrogen) atoms. The van der Waals surface area contributed by atoms with E-state index in [1.165, 1.54) is 9.80 Å². The summed E-state index contributed by atoms with van der Waals surface area (Å²) in [5.74, 6) is -1.47. The number of ether oxygens (including phenoxy) is 8. The van der Waals surface area contributed by atoms with Gasteiger partial charge >= 0.3 is 11.9 Å². The maximum absolute atomic E-state index is 14.0. The number of likely N-dealkylation sites (tertiary alicyclic amines) is 2. The van der Waals surface area contributed by atoms with Crippen LogP contribution in [0.3, 0.4) is 0 Å². The van der Waals surface area contributed by atoms with Crippen molar-refractivity contribution in [3.8, 4) is 34.5 Å². The first kappa shape index (κ1) is 67.0. The first-order valence-electron chi connectivity index (χ1n) is 29.7. The zero-order valence-corrected chi connectivity index (χ0v) is 51.5. The number of piperidine rings is 2. The zero-order valence-electron chi connectivity index (χ0n) is 51.5. The van der Waals surface area contributed by atoms with E-state index in [4.69, 9.17) is 37.9 Å². The molecule has 0 bridgehead atoms. The van der Waals surface area contributed by atoms with Crippen molar-refractivity contribution in [2.75, 3.05) is 67.8 Å². The molecule has 2 saturated heterocycles. The molecule has 6 rings (SSSR count). The number of carbonyl (C=O) groups is 8. The highest BCUT2D eigenvalue weighted by Crippen LogP contribution is 2.35. The molecule has 0 unspecified atom stereocenters. The van der Waals surface area contributed by atoms with Gasteiger partial charge < -0.3 is 58.3 Å². The fourth-order valence-electron chi connectivity index (χ4n) is 10.1. The predicted molar refractivity (Wildman–Crippen MR) is 320 cm³/mol. The fraction of sp³-hybridized carbons (Fsp3) is 0.515. The number of Topliss-reactive ketones (excluding diaryl/α,β-unsaturated/α-hetero) is 2. The van der Waals surface area contributed by atoms with Crippen molar-refractivity contribution in [2.24, 2.45) is 10.8 Å².